The predicted molar refractivity (Wildman–Crippen MR) is 118 cm³/mol. The van der Waals surface area contributed by atoms with E-state index in [0.29, 0.717) is 5.92 Å². The summed E-state index contributed by atoms with van der Waals surface area (Å²) in [6, 6.07) is 10.8. The van der Waals surface area contributed by atoms with Gasteiger partial charge in [-0.1, -0.05) is 19.1 Å². The van der Waals surface area contributed by atoms with Crippen LogP contribution in [-0.2, 0) is 4.74 Å². The van der Waals surface area contributed by atoms with E-state index in [1.165, 1.54) is 16.7 Å². The average molecular weight is 381 g/mol. The number of benzene rings is 1. The molecule has 0 fully saturated rings. The number of hydrogen-bond donors (Lipinski definition) is 0. The van der Waals surface area contributed by atoms with Gasteiger partial charge in [-0.15, -0.1) is 0 Å². The third-order valence-electron chi connectivity index (χ3n) is 5.71. The third kappa shape index (κ3) is 2.92. The van der Waals surface area contributed by atoms with Gasteiger partial charge >= 0.3 is 0 Å². The number of ether oxygens (including phenoxy) is 1. The topological polar surface area (TPSA) is 39.9 Å². The van der Waals surface area contributed by atoms with Crippen LogP contribution in [0.1, 0.15) is 24.5 Å². The maximum absolute atomic E-state index is 5.54. The number of aryl methyl sites for hydroxylation is 1. The molecule has 1 aliphatic carbocycles. The Balaban J connectivity index is 1.68. The number of pyridine rings is 2. The molecule has 4 nitrogen and oxygen atoms in total. The lowest BCUT2D eigenvalue weighted by molar-refractivity contribution is 0.268. The van der Waals surface area contributed by atoms with E-state index >= 15 is 0 Å². The molecule has 0 saturated carbocycles. The zero-order valence-corrected chi connectivity index (χ0v) is 16.9. The highest BCUT2D eigenvalue weighted by atomic mass is 16.5. The summed E-state index contributed by atoms with van der Waals surface area (Å²) >= 11 is 0. The average Bonchev–Trinajstić information content (AvgIpc) is 3.07. The van der Waals surface area contributed by atoms with Crippen LogP contribution in [0.25, 0.3) is 33.1 Å². The summed E-state index contributed by atoms with van der Waals surface area (Å²) in [6.45, 7) is 4.41. The zero-order valence-electron chi connectivity index (χ0n) is 16.9. The SMILES string of the molecule is COC1=CC(c2ccc(-n3c4ccncc4c4cnccc43)cc2C)=CC(C)C1. The largest absolute Gasteiger partial charge is 0.501 e. The lowest BCUT2D eigenvalue weighted by Gasteiger charge is -2.20. The van der Waals surface area contributed by atoms with Crippen molar-refractivity contribution in [3.05, 3.63) is 84.2 Å². The first kappa shape index (κ1) is 17.7. The fourth-order valence-electron chi connectivity index (χ4n) is 4.37. The molecule has 0 spiro atoms. The first-order chi connectivity index (χ1) is 14.2. The summed E-state index contributed by atoms with van der Waals surface area (Å²) in [4.78, 5) is 8.64. The molecule has 0 radical (unpaired) electrons. The molecule has 144 valence electrons. The van der Waals surface area contributed by atoms with E-state index in [4.69, 9.17) is 4.74 Å². The lowest BCUT2D eigenvalue weighted by Crippen LogP contribution is -2.04. The molecule has 29 heavy (non-hydrogen) atoms. The van der Waals surface area contributed by atoms with Crippen LogP contribution in [0.4, 0.5) is 0 Å². The van der Waals surface area contributed by atoms with Gasteiger partial charge in [0, 0.05) is 47.7 Å². The van der Waals surface area contributed by atoms with Crippen LogP contribution >= 0.6 is 0 Å². The number of rotatable bonds is 3. The van der Waals surface area contributed by atoms with Crippen molar-refractivity contribution in [1.29, 1.82) is 0 Å². The Morgan fingerprint density at radius 1 is 1.00 bits per heavy atom. The van der Waals surface area contributed by atoms with E-state index in [2.05, 4.69) is 70.9 Å². The monoisotopic (exact) mass is 381 g/mol. The molecule has 1 aliphatic rings. The first-order valence-electron chi connectivity index (χ1n) is 9.91. The summed E-state index contributed by atoms with van der Waals surface area (Å²) in [5, 5.41) is 2.24. The Morgan fingerprint density at radius 2 is 1.69 bits per heavy atom. The Bertz CT molecular complexity index is 1240. The minimum atomic E-state index is 0.473. The van der Waals surface area contributed by atoms with Crippen molar-refractivity contribution in [3.63, 3.8) is 0 Å². The molecule has 1 aromatic carbocycles. The van der Waals surface area contributed by atoms with Gasteiger partial charge in [-0.05, 0) is 59.9 Å². The Morgan fingerprint density at radius 3 is 2.31 bits per heavy atom. The minimum absolute atomic E-state index is 0.473. The van der Waals surface area contributed by atoms with Gasteiger partial charge in [-0.25, -0.2) is 0 Å². The second kappa shape index (κ2) is 6.89. The number of fused-ring (bicyclic) bond motifs is 3. The van der Waals surface area contributed by atoms with Gasteiger partial charge in [-0.2, -0.15) is 0 Å². The lowest BCUT2D eigenvalue weighted by atomic mass is 9.90. The van der Waals surface area contributed by atoms with Crippen LogP contribution in [0, 0.1) is 12.8 Å². The highest BCUT2D eigenvalue weighted by molar-refractivity contribution is 6.08. The Hall–Kier alpha value is -3.40. The third-order valence-corrected chi connectivity index (χ3v) is 5.71. The van der Waals surface area contributed by atoms with E-state index in [0.717, 1.165) is 39.7 Å². The quantitative estimate of drug-likeness (QED) is 0.448. The van der Waals surface area contributed by atoms with E-state index in [-0.39, 0.29) is 0 Å². The van der Waals surface area contributed by atoms with Gasteiger partial charge in [0.25, 0.3) is 0 Å². The highest BCUT2D eigenvalue weighted by Gasteiger charge is 2.16. The van der Waals surface area contributed by atoms with Crippen molar-refractivity contribution < 1.29 is 4.74 Å². The standard InChI is InChI=1S/C25H23N3O/c1-16-10-18(13-20(11-16)29-3)21-5-4-19(12-17(21)2)28-24-6-8-26-14-22(24)23-15-27-9-7-25(23)28/h4-10,12-16H,11H2,1-3H3. The zero-order chi connectivity index (χ0) is 20.0. The Kier molecular flexibility index (Phi) is 4.20. The van der Waals surface area contributed by atoms with E-state index in [9.17, 15) is 0 Å². The van der Waals surface area contributed by atoms with Crippen LogP contribution in [0.2, 0.25) is 0 Å². The molecule has 1 atom stereocenters. The molecule has 0 aliphatic heterocycles. The number of methoxy groups -OCH3 is 1. The second-order valence-corrected chi connectivity index (χ2v) is 7.74. The molecule has 5 rings (SSSR count). The van der Waals surface area contributed by atoms with Crippen LogP contribution in [0.5, 0.6) is 0 Å². The van der Waals surface area contributed by atoms with Crippen LogP contribution < -0.4 is 0 Å². The van der Waals surface area contributed by atoms with Gasteiger partial charge < -0.3 is 9.30 Å². The fourth-order valence-corrected chi connectivity index (χ4v) is 4.37. The number of hydrogen-bond acceptors (Lipinski definition) is 3. The first-order valence-corrected chi connectivity index (χ1v) is 9.91. The fraction of sp³-hybridized carbons (Fsp3) is 0.200. The van der Waals surface area contributed by atoms with Crippen molar-refractivity contribution in [1.82, 2.24) is 14.5 Å². The van der Waals surface area contributed by atoms with Crippen molar-refractivity contribution in [2.45, 2.75) is 20.3 Å². The van der Waals surface area contributed by atoms with E-state index in [1.807, 2.05) is 24.8 Å². The summed E-state index contributed by atoms with van der Waals surface area (Å²) < 4.78 is 7.83. The number of aromatic nitrogens is 3. The number of nitrogens with zero attached hydrogens (tertiary/aromatic N) is 3. The molecule has 4 heteroatoms. The summed E-state index contributed by atoms with van der Waals surface area (Å²) in [6.07, 6.45) is 13.0. The van der Waals surface area contributed by atoms with Gasteiger partial charge in [0.1, 0.15) is 0 Å². The van der Waals surface area contributed by atoms with Gasteiger partial charge in [-0.3, -0.25) is 9.97 Å². The maximum Gasteiger partial charge on any atom is 0.0967 e. The molecule has 3 heterocycles. The van der Waals surface area contributed by atoms with Crippen LogP contribution in [0.3, 0.4) is 0 Å². The summed E-state index contributed by atoms with van der Waals surface area (Å²) in [7, 11) is 1.75. The molecule has 4 aromatic rings. The van der Waals surface area contributed by atoms with Crippen molar-refractivity contribution in [2.24, 2.45) is 5.92 Å². The predicted octanol–water partition coefficient (Wildman–Crippen LogP) is 5.84. The summed E-state index contributed by atoms with van der Waals surface area (Å²) in [5.41, 5.74) is 7.15. The molecule has 1 unspecified atom stereocenters. The summed E-state index contributed by atoms with van der Waals surface area (Å²) in [5.74, 6) is 1.52. The van der Waals surface area contributed by atoms with Crippen molar-refractivity contribution in [3.8, 4) is 5.69 Å². The van der Waals surface area contributed by atoms with Gasteiger partial charge in [0.15, 0.2) is 0 Å². The molecule has 0 amide bonds. The highest BCUT2D eigenvalue weighted by Crippen LogP contribution is 2.34. The minimum Gasteiger partial charge on any atom is -0.501 e. The molecule has 0 N–H and O–H groups in total. The van der Waals surface area contributed by atoms with Gasteiger partial charge in [0.2, 0.25) is 0 Å². The molecule has 0 saturated heterocycles. The normalized spacial score (nSPS) is 16.7. The van der Waals surface area contributed by atoms with Crippen molar-refractivity contribution in [2.75, 3.05) is 7.11 Å². The van der Waals surface area contributed by atoms with Crippen LogP contribution in [-0.4, -0.2) is 21.6 Å². The molecule has 0 bridgehead atoms. The van der Waals surface area contributed by atoms with Gasteiger partial charge in [0.05, 0.1) is 23.9 Å². The van der Waals surface area contributed by atoms with Crippen LogP contribution in [0.15, 0.2) is 73.0 Å². The van der Waals surface area contributed by atoms with Crippen molar-refractivity contribution >= 4 is 27.4 Å². The number of allylic oxidation sites excluding steroid dienone is 4. The Labute approximate surface area is 170 Å². The molecule has 3 aromatic heterocycles. The molecular weight excluding hydrogens is 358 g/mol. The van der Waals surface area contributed by atoms with E-state index < -0.39 is 0 Å². The molecular formula is C25H23N3O. The maximum atomic E-state index is 5.54. The smallest absolute Gasteiger partial charge is 0.0967 e. The van der Waals surface area contributed by atoms with E-state index in [1.54, 1.807) is 7.11 Å². The second-order valence-electron chi connectivity index (χ2n) is 7.74.